The molecule has 1 heterocycles. The number of rotatable bonds is 6. The molecule has 0 saturated heterocycles. The summed E-state index contributed by atoms with van der Waals surface area (Å²) in [7, 11) is -0.868. The number of hydrazine groups is 1. The van der Waals surface area contributed by atoms with E-state index in [-0.39, 0.29) is 11.2 Å². The van der Waals surface area contributed by atoms with Gasteiger partial charge in [0.1, 0.15) is 5.69 Å². The summed E-state index contributed by atoms with van der Waals surface area (Å²) >= 11 is 0. The van der Waals surface area contributed by atoms with Crippen molar-refractivity contribution in [3.63, 3.8) is 0 Å². The maximum absolute atomic E-state index is 11.7. The first-order valence-corrected chi connectivity index (χ1v) is 7.19. The minimum atomic E-state index is -0.868. The van der Waals surface area contributed by atoms with Gasteiger partial charge in [-0.1, -0.05) is 6.92 Å². The Hall–Kier alpha value is -1.47. The van der Waals surface area contributed by atoms with E-state index in [1.165, 1.54) is 6.20 Å². The Bertz CT molecular complexity index is 439. The molecular weight excluding hydrogens is 252 g/mol. The summed E-state index contributed by atoms with van der Waals surface area (Å²) < 4.78 is 11.1. The Balaban J connectivity index is 2.47. The largest absolute Gasteiger partial charge is 0.351 e. The number of nitrogen functional groups attached to an aromatic ring is 1. The molecule has 1 aromatic rings. The highest BCUT2D eigenvalue weighted by Gasteiger charge is 2.09. The molecule has 0 spiro atoms. The van der Waals surface area contributed by atoms with Crippen LogP contribution in [0.1, 0.15) is 23.8 Å². The lowest BCUT2D eigenvalue weighted by Crippen LogP contribution is -2.28. The summed E-state index contributed by atoms with van der Waals surface area (Å²) in [6, 6.07) is 3.23. The van der Waals surface area contributed by atoms with Crippen molar-refractivity contribution in [3.05, 3.63) is 24.0 Å². The second-order valence-electron chi connectivity index (χ2n) is 3.93. The van der Waals surface area contributed by atoms with E-state index in [0.29, 0.717) is 24.3 Å². The Morgan fingerprint density at radius 3 is 2.94 bits per heavy atom. The number of pyridine rings is 1. The second-order valence-corrected chi connectivity index (χ2v) is 5.73. The molecule has 100 valence electrons. The van der Waals surface area contributed by atoms with Crippen molar-refractivity contribution in [3.8, 4) is 0 Å². The molecule has 0 saturated carbocycles. The van der Waals surface area contributed by atoms with E-state index in [1.807, 2.05) is 6.92 Å². The number of carbonyl (C=O) groups is 1. The number of amides is 1. The van der Waals surface area contributed by atoms with Crippen molar-refractivity contribution in [1.82, 2.24) is 10.3 Å². The third kappa shape index (κ3) is 4.42. The predicted octanol–water partition coefficient (Wildman–Crippen LogP) is 0.254. The van der Waals surface area contributed by atoms with E-state index in [2.05, 4.69) is 15.7 Å². The molecule has 0 aromatic carbocycles. The summed E-state index contributed by atoms with van der Waals surface area (Å²) in [5.74, 6) is 4.99. The molecule has 1 rings (SSSR count). The van der Waals surface area contributed by atoms with Crippen LogP contribution < -0.4 is 16.6 Å². The molecule has 4 N–H and O–H groups in total. The molecular formula is C11H18N4O2S. The molecule has 1 amide bonds. The van der Waals surface area contributed by atoms with Crippen LogP contribution in [0.3, 0.4) is 0 Å². The monoisotopic (exact) mass is 270 g/mol. The van der Waals surface area contributed by atoms with Gasteiger partial charge in [0.2, 0.25) is 0 Å². The van der Waals surface area contributed by atoms with Crippen molar-refractivity contribution in [2.45, 2.75) is 18.6 Å². The van der Waals surface area contributed by atoms with Gasteiger partial charge in [-0.3, -0.25) is 19.8 Å². The molecule has 18 heavy (non-hydrogen) atoms. The molecule has 1 aromatic heterocycles. The van der Waals surface area contributed by atoms with Crippen LogP contribution in [-0.2, 0) is 10.8 Å². The summed E-state index contributed by atoms with van der Waals surface area (Å²) in [5.41, 5.74) is 3.38. The Labute approximate surface area is 109 Å². The van der Waals surface area contributed by atoms with E-state index < -0.39 is 10.8 Å². The molecule has 0 radical (unpaired) electrons. The summed E-state index contributed by atoms with van der Waals surface area (Å²) in [5, 5.41) is 2.80. The van der Waals surface area contributed by atoms with Crippen molar-refractivity contribution >= 4 is 22.4 Å². The van der Waals surface area contributed by atoms with Gasteiger partial charge in [-0.25, -0.2) is 0 Å². The SMILES string of the molecule is CC(CCNC(=O)c1cc(NN)ccn1)S(C)=O. The highest BCUT2D eigenvalue weighted by molar-refractivity contribution is 7.84. The van der Waals surface area contributed by atoms with Crippen LogP contribution in [0.25, 0.3) is 0 Å². The summed E-state index contributed by atoms with van der Waals surface area (Å²) in [4.78, 5) is 15.7. The molecule has 0 aliphatic rings. The number of anilines is 1. The van der Waals surface area contributed by atoms with Crippen LogP contribution in [-0.4, -0.2) is 33.2 Å². The van der Waals surface area contributed by atoms with Crippen LogP contribution >= 0.6 is 0 Å². The third-order valence-corrected chi connectivity index (χ3v) is 3.93. The zero-order valence-electron chi connectivity index (χ0n) is 10.5. The fraction of sp³-hybridized carbons (Fsp3) is 0.455. The number of nitrogens with zero attached hydrogens (tertiary/aromatic N) is 1. The Morgan fingerprint density at radius 2 is 2.33 bits per heavy atom. The van der Waals surface area contributed by atoms with Gasteiger partial charge in [-0.05, 0) is 18.6 Å². The summed E-state index contributed by atoms with van der Waals surface area (Å²) in [6.45, 7) is 2.36. The van der Waals surface area contributed by atoms with Crippen LogP contribution in [0.2, 0.25) is 0 Å². The highest BCUT2D eigenvalue weighted by atomic mass is 32.2. The standard InChI is InChI=1S/C11H18N4O2S/c1-8(18(2)17)3-5-14-11(16)10-7-9(15-12)4-6-13-10/h4,6-8H,3,5,12H2,1-2H3,(H,13,15)(H,14,16). The third-order valence-electron chi connectivity index (χ3n) is 2.56. The molecule has 2 unspecified atom stereocenters. The van der Waals surface area contributed by atoms with Gasteiger partial charge in [-0.2, -0.15) is 0 Å². The van der Waals surface area contributed by atoms with Gasteiger partial charge in [-0.15, -0.1) is 0 Å². The van der Waals surface area contributed by atoms with E-state index in [1.54, 1.807) is 18.4 Å². The number of nitrogens with one attached hydrogen (secondary N) is 2. The van der Waals surface area contributed by atoms with Gasteiger partial charge in [0.15, 0.2) is 0 Å². The minimum absolute atomic E-state index is 0.0651. The van der Waals surface area contributed by atoms with Crippen LogP contribution in [0, 0.1) is 0 Å². The van der Waals surface area contributed by atoms with E-state index >= 15 is 0 Å². The van der Waals surface area contributed by atoms with Crippen LogP contribution in [0.15, 0.2) is 18.3 Å². The van der Waals surface area contributed by atoms with Crippen molar-refractivity contribution in [1.29, 1.82) is 0 Å². The van der Waals surface area contributed by atoms with Crippen LogP contribution in [0.4, 0.5) is 5.69 Å². The molecule has 2 atom stereocenters. The van der Waals surface area contributed by atoms with E-state index in [0.717, 1.165) is 0 Å². The smallest absolute Gasteiger partial charge is 0.269 e. The van der Waals surface area contributed by atoms with Crippen molar-refractivity contribution < 1.29 is 9.00 Å². The van der Waals surface area contributed by atoms with Gasteiger partial charge in [0.05, 0.1) is 5.69 Å². The molecule has 0 aliphatic carbocycles. The average molecular weight is 270 g/mol. The fourth-order valence-corrected chi connectivity index (χ4v) is 1.74. The fourth-order valence-electron chi connectivity index (χ4n) is 1.29. The maximum Gasteiger partial charge on any atom is 0.269 e. The van der Waals surface area contributed by atoms with Gasteiger partial charge < -0.3 is 10.7 Å². The number of nitrogens with two attached hydrogens (primary N) is 1. The second kappa shape index (κ2) is 7.07. The highest BCUT2D eigenvalue weighted by Crippen LogP contribution is 2.06. The Morgan fingerprint density at radius 1 is 1.61 bits per heavy atom. The molecule has 6 nitrogen and oxygen atoms in total. The Kier molecular flexibility index (Phi) is 5.73. The number of hydrogen-bond acceptors (Lipinski definition) is 5. The van der Waals surface area contributed by atoms with E-state index in [9.17, 15) is 9.00 Å². The number of aromatic nitrogens is 1. The van der Waals surface area contributed by atoms with Gasteiger partial charge in [0, 0.05) is 35.0 Å². The molecule has 0 fully saturated rings. The topological polar surface area (TPSA) is 97.1 Å². The maximum atomic E-state index is 11.7. The zero-order chi connectivity index (χ0) is 13.5. The lowest BCUT2D eigenvalue weighted by molar-refractivity contribution is 0.0948. The molecule has 7 heteroatoms. The first-order valence-electron chi connectivity index (χ1n) is 5.57. The number of carbonyl (C=O) groups excluding carboxylic acids is 1. The van der Waals surface area contributed by atoms with Crippen molar-refractivity contribution in [2.75, 3.05) is 18.2 Å². The molecule has 0 aliphatic heterocycles. The first-order chi connectivity index (χ1) is 8.54. The number of hydrogen-bond donors (Lipinski definition) is 3. The lowest BCUT2D eigenvalue weighted by Gasteiger charge is -2.09. The van der Waals surface area contributed by atoms with Crippen molar-refractivity contribution in [2.24, 2.45) is 5.84 Å². The predicted molar refractivity (Wildman–Crippen MR) is 72.5 cm³/mol. The normalized spacial score (nSPS) is 13.7. The average Bonchev–Trinajstić information content (AvgIpc) is 2.38. The van der Waals surface area contributed by atoms with E-state index in [4.69, 9.17) is 5.84 Å². The lowest BCUT2D eigenvalue weighted by atomic mass is 10.3. The van der Waals surface area contributed by atoms with Gasteiger partial charge >= 0.3 is 0 Å². The van der Waals surface area contributed by atoms with Gasteiger partial charge in [0.25, 0.3) is 5.91 Å². The zero-order valence-corrected chi connectivity index (χ0v) is 11.3. The van der Waals surface area contributed by atoms with Crippen LogP contribution in [0.5, 0.6) is 0 Å². The molecule has 0 bridgehead atoms. The summed E-state index contributed by atoms with van der Waals surface area (Å²) in [6.07, 6.45) is 3.84. The first kappa shape index (κ1) is 14.6. The quantitative estimate of drug-likeness (QED) is 0.509. The minimum Gasteiger partial charge on any atom is -0.351 e.